The van der Waals surface area contributed by atoms with Crippen LogP contribution in [-0.2, 0) is 0 Å². The normalized spacial score (nSPS) is 23.0. The second-order valence-corrected chi connectivity index (χ2v) is 2.95. The molecule has 0 heterocycles. The van der Waals surface area contributed by atoms with Gasteiger partial charge in [-0.05, 0) is 24.3 Å². The summed E-state index contributed by atoms with van der Waals surface area (Å²) < 4.78 is 0. The van der Waals surface area contributed by atoms with Crippen LogP contribution >= 0.6 is 0 Å². The second kappa shape index (κ2) is 3.42. The molecule has 1 rings (SSSR count). The van der Waals surface area contributed by atoms with Gasteiger partial charge in [-0.1, -0.05) is 31.7 Å². The van der Waals surface area contributed by atoms with Gasteiger partial charge in [-0.15, -0.1) is 0 Å². The minimum absolute atomic E-state index is 0.677. The summed E-state index contributed by atoms with van der Waals surface area (Å²) in [5.41, 5.74) is 7.31. The standard InChI is InChI=1S/C10H15N/c1-3-9-4-6-10(7-5-9)8(2)11/h4,6-7,9H,2-3,5,11H2,1H3. The van der Waals surface area contributed by atoms with Crippen LogP contribution in [0.4, 0.5) is 0 Å². The molecule has 0 saturated heterocycles. The summed E-state index contributed by atoms with van der Waals surface area (Å²) in [6.07, 6.45) is 8.76. The molecular weight excluding hydrogens is 134 g/mol. The molecule has 11 heavy (non-hydrogen) atoms. The molecule has 0 fully saturated rings. The number of hydrogen-bond donors (Lipinski definition) is 1. The molecule has 1 unspecified atom stereocenters. The first-order valence-corrected chi connectivity index (χ1v) is 4.07. The molecule has 0 aromatic carbocycles. The largest absolute Gasteiger partial charge is 0.399 e. The fourth-order valence-electron chi connectivity index (χ4n) is 1.21. The lowest BCUT2D eigenvalue weighted by molar-refractivity contribution is 0.630. The van der Waals surface area contributed by atoms with E-state index in [9.17, 15) is 0 Å². The Labute approximate surface area is 68.3 Å². The van der Waals surface area contributed by atoms with E-state index in [1.807, 2.05) is 0 Å². The highest BCUT2D eigenvalue weighted by atomic mass is 14.6. The van der Waals surface area contributed by atoms with E-state index in [4.69, 9.17) is 5.73 Å². The topological polar surface area (TPSA) is 26.0 Å². The highest BCUT2D eigenvalue weighted by Crippen LogP contribution is 2.20. The summed E-state index contributed by atoms with van der Waals surface area (Å²) in [5.74, 6) is 0.707. The summed E-state index contributed by atoms with van der Waals surface area (Å²) in [6, 6.07) is 0. The van der Waals surface area contributed by atoms with E-state index in [1.165, 1.54) is 6.42 Å². The van der Waals surface area contributed by atoms with Crippen molar-refractivity contribution in [3.63, 3.8) is 0 Å². The third-order valence-corrected chi connectivity index (χ3v) is 2.08. The average Bonchev–Trinajstić information content (AvgIpc) is 2.05. The van der Waals surface area contributed by atoms with Crippen LogP contribution in [0, 0.1) is 5.92 Å². The van der Waals surface area contributed by atoms with E-state index in [0.717, 1.165) is 12.0 Å². The Bertz CT molecular complexity index is 211. The molecule has 0 aromatic heterocycles. The van der Waals surface area contributed by atoms with Crippen molar-refractivity contribution in [1.29, 1.82) is 0 Å². The number of rotatable bonds is 2. The van der Waals surface area contributed by atoms with E-state index < -0.39 is 0 Å². The minimum Gasteiger partial charge on any atom is -0.399 e. The molecule has 0 radical (unpaired) electrons. The maximum Gasteiger partial charge on any atom is 0.0311 e. The lowest BCUT2D eigenvalue weighted by Gasteiger charge is -2.13. The van der Waals surface area contributed by atoms with Gasteiger partial charge >= 0.3 is 0 Å². The van der Waals surface area contributed by atoms with Gasteiger partial charge in [0, 0.05) is 5.70 Å². The first-order chi connectivity index (χ1) is 5.24. The highest BCUT2D eigenvalue weighted by Gasteiger charge is 2.06. The molecule has 1 aliphatic rings. The van der Waals surface area contributed by atoms with Gasteiger partial charge in [0.05, 0.1) is 0 Å². The van der Waals surface area contributed by atoms with E-state index >= 15 is 0 Å². The lowest BCUT2D eigenvalue weighted by Crippen LogP contribution is -2.03. The van der Waals surface area contributed by atoms with Crippen molar-refractivity contribution < 1.29 is 0 Å². The molecule has 0 bridgehead atoms. The quantitative estimate of drug-likeness (QED) is 0.641. The maximum atomic E-state index is 5.54. The number of hydrogen-bond acceptors (Lipinski definition) is 1. The Morgan fingerprint density at radius 2 is 2.55 bits per heavy atom. The zero-order chi connectivity index (χ0) is 8.27. The van der Waals surface area contributed by atoms with Gasteiger partial charge in [-0.3, -0.25) is 0 Å². The van der Waals surface area contributed by atoms with Crippen molar-refractivity contribution in [2.75, 3.05) is 0 Å². The third kappa shape index (κ3) is 1.97. The molecular formula is C10H15N. The molecule has 0 saturated carbocycles. The van der Waals surface area contributed by atoms with Gasteiger partial charge in [0.2, 0.25) is 0 Å². The zero-order valence-corrected chi connectivity index (χ0v) is 7.01. The predicted molar refractivity (Wildman–Crippen MR) is 48.9 cm³/mol. The lowest BCUT2D eigenvalue weighted by atomic mass is 9.94. The van der Waals surface area contributed by atoms with E-state index in [-0.39, 0.29) is 0 Å². The molecule has 0 spiro atoms. The molecule has 0 amide bonds. The molecule has 60 valence electrons. The van der Waals surface area contributed by atoms with Crippen LogP contribution in [0.2, 0.25) is 0 Å². The van der Waals surface area contributed by atoms with E-state index in [0.29, 0.717) is 11.6 Å². The van der Waals surface area contributed by atoms with Crippen LogP contribution in [0.5, 0.6) is 0 Å². The Kier molecular flexibility index (Phi) is 2.53. The van der Waals surface area contributed by atoms with Crippen molar-refractivity contribution in [1.82, 2.24) is 0 Å². The first kappa shape index (κ1) is 8.12. The number of nitrogens with two attached hydrogens (primary N) is 1. The third-order valence-electron chi connectivity index (χ3n) is 2.08. The Balaban J connectivity index is 2.60. The second-order valence-electron chi connectivity index (χ2n) is 2.95. The molecule has 1 heteroatoms. The summed E-state index contributed by atoms with van der Waals surface area (Å²) in [7, 11) is 0. The van der Waals surface area contributed by atoms with Crippen molar-refractivity contribution >= 4 is 0 Å². The molecule has 1 atom stereocenters. The fourth-order valence-corrected chi connectivity index (χ4v) is 1.21. The summed E-state index contributed by atoms with van der Waals surface area (Å²) in [5, 5.41) is 0. The minimum atomic E-state index is 0.677. The smallest absolute Gasteiger partial charge is 0.0311 e. The van der Waals surface area contributed by atoms with Crippen LogP contribution in [0.3, 0.4) is 0 Å². The average molecular weight is 149 g/mol. The molecule has 2 N–H and O–H groups in total. The number of allylic oxidation sites excluding steroid dienone is 3. The van der Waals surface area contributed by atoms with Gasteiger partial charge < -0.3 is 5.73 Å². The first-order valence-electron chi connectivity index (χ1n) is 4.07. The zero-order valence-electron chi connectivity index (χ0n) is 7.01. The Morgan fingerprint density at radius 1 is 1.82 bits per heavy atom. The highest BCUT2D eigenvalue weighted by molar-refractivity contribution is 5.38. The molecule has 0 aromatic rings. The summed E-state index contributed by atoms with van der Waals surface area (Å²) in [6.45, 7) is 5.89. The fraction of sp³-hybridized carbons (Fsp3) is 0.400. The van der Waals surface area contributed by atoms with Crippen LogP contribution in [0.1, 0.15) is 19.8 Å². The molecule has 1 nitrogen and oxygen atoms in total. The van der Waals surface area contributed by atoms with Crippen molar-refractivity contribution in [3.05, 3.63) is 36.1 Å². The molecule has 0 aliphatic heterocycles. The maximum absolute atomic E-state index is 5.54. The van der Waals surface area contributed by atoms with Crippen molar-refractivity contribution in [2.24, 2.45) is 11.7 Å². The van der Waals surface area contributed by atoms with Crippen LogP contribution in [0.25, 0.3) is 0 Å². The monoisotopic (exact) mass is 149 g/mol. The van der Waals surface area contributed by atoms with E-state index in [2.05, 4.69) is 31.7 Å². The van der Waals surface area contributed by atoms with Gasteiger partial charge in [-0.25, -0.2) is 0 Å². The Morgan fingerprint density at radius 3 is 2.91 bits per heavy atom. The van der Waals surface area contributed by atoms with E-state index in [1.54, 1.807) is 0 Å². The summed E-state index contributed by atoms with van der Waals surface area (Å²) in [4.78, 5) is 0. The van der Waals surface area contributed by atoms with Gasteiger partial charge in [0.25, 0.3) is 0 Å². The van der Waals surface area contributed by atoms with Crippen LogP contribution < -0.4 is 5.73 Å². The van der Waals surface area contributed by atoms with Crippen molar-refractivity contribution in [2.45, 2.75) is 19.8 Å². The molecule has 1 aliphatic carbocycles. The summed E-state index contributed by atoms with van der Waals surface area (Å²) >= 11 is 0. The van der Waals surface area contributed by atoms with Gasteiger partial charge in [0.1, 0.15) is 0 Å². The van der Waals surface area contributed by atoms with Crippen molar-refractivity contribution in [3.8, 4) is 0 Å². The van der Waals surface area contributed by atoms with Crippen LogP contribution in [0.15, 0.2) is 36.1 Å². The van der Waals surface area contributed by atoms with Gasteiger partial charge in [0.15, 0.2) is 0 Å². The SMILES string of the molecule is C=C(N)C1=CCC(CC)C=C1. The Hall–Kier alpha value is -0.980. The van der Waals surface area contributed by atoms with Gasteiger partial charge in [-0.2, -0.15) is 0 Å². The van der Waals surface area contributed by atoms with Crippen LogP contribution in [-0.4, -0.2) is 0 Å². The predicted octanol–water partition coefficient (Wildman–Crippen LogP) is 2.37.